The van der Waals surface area contributed by atoms with E-state index in [1.54, 1.807) is 12.5 Å². The van der Waals surface area contributed by atoms with E-state index in [4.69, 9.17) is 5.11 Å². The zero-order valence-corrected chi connectivity index (χ0v) is 10.9. The third-order valence-electron chi connectivity index (χ3n) is 3.93. The lowest BCUT2D eigenvalue weighted by Gasteiger charge is -2.41. The molecule has 1 fully saturated rings. The minimum Gasteiger partial charge on any atom is -0.481 e. The maximum Gasteiger partial charge on any atom is 0.306 e. The van der Waals surface area contributed by atoms with Crippen LogP contribution < -0.4 is 0 Å². The van der Waals surface area contributed by atoms with Crippen LogP contribution in [-0.4, -0.2) is 25.7 Å². The lowest BCUT2D eigenvalue weighted by atomic mass is 9.67. The highest BCUT2D eigenvalue weighted by molar-refractivity contribution is 5.71. The maximum absolute atomic E-state index is 10.8. The monoisotopic (exact) mass is 272 g/mol. The van der Waals surface area contributed by atoms with E-state index < -0.39 is 17.5 Å². The van der Waals surface area contributed by atoms with Crippen LogP contribution in [0.25, 0.3) is 0 Å². The number of hydrogen-bond acceptors (Lipinski definition) is 3. The fourth-order valence-corrected chi connectivity index (χ4v) is 2.68. The van der Waals surface area contributed by atoms with E-state index >= 15 is 0 Å². The highest BCUT2D eigenvalue weighted by Gasteiger charge is 2.47. The Labute approximate surface area is 116 Å². The summed E-state index contributed by atoms with van der Waals surface area (Å²) in [7, 11) is 0. The van der Waals surface area contributed by atoms with Gasteiger partial charge in [0.15, 0.2) is 0 Å². The molecule has 104 valence electrons. The average molecular weight is 272 g/mol. The Bertz CT molecular complexity index is 599. The standard InChI is InChI=1S/C15H16N2O3/c18-14(19)12-7-15(20,8-12)13-3-1-11(2-4-13)9-17-6-5-16-10-17/h1-6,10,12,20H,7-9H2,(H,18,19). The van der Waals surface area contributed by atoms with Crippen LogP contribution in [0.3, 0.4) is 0 Å². The van der Waals surface area contributed by atoms with Gasteiger partial charge in [-0.25, -0.2) is 4.98 Å². The van der Waals surface area contributed by atoms with Crippen molar-refractivity contribution in [2.75, 3.05) is 0 Å². The van der Waals surface area contributed by atoms with Crippen LogP contribution in [0.2, 0.25) is 0 Å². The summed E-state index contributed by atoms with van der Waals surface area (Å²) in [6.07, 6.45) is 5.97. The van der Waals surface area contributed by atoms with Gasteiger partial charge < -0.3 is 14.8 Å². The number of carbonyl (C=O) groups is 1. The van der Waals surface area contributed by atoms with Crippen LogP contribution in [-0.2, 0) is 16.9 Å². The first-order chi connectivity index (χ1) is 9.57. The summed E-state index contributed by atoms with van der Waals surface area (Å²) in [5.41, 5.74) is 0.935. The van der Waals surface area contributed by atoms with Crippen molar-refractivity contribution in [3.63, 3.8) is 0 Å². The summed E-state index contributed by atoms with van der Waals surface area (Å²) in [4.78, 5) is 14.8. The van der Waals surface area contributed by atoms with E-state index in [1.807, 2.05) is 35.0 Å². The number of carboxylic acid groups (broad SMARTS) is 1. The summed E-state index contributed by atoms with van der Waals surface area (Å²) >= 11 is 0. The normalized spacial score (nSPS) is 25.1. The number of rotatable bonds is 4. The van der Waals surface area contributed by atoms with Gasteiger partial charge in [-0.05, 0) is 24.0 Å². The number of imidazole rings is 1. The summed E-state index contributed by atoms with van der Waals surface area (Å²) in [6, 6.07) is 7.68. The summed E-state index contributed by atoms with van der Waals surface area (Å²) < 4.78 is 1.97. The first-order valence-corrected chi connectivity index (χ1v) is 6.57. The van der Waals surface area contributed by atoms with E-state index in [2.05, 4.69) is 4.98 Å². The maximum atomic E-state index is 10.8. The number of aromatic nitrogens is 2. The Kier molecular flexibility index (Phi) is 3.06. The van der Waals surface area contributed by atoms with Gasteiger partial charge in [-0.15, -0.1) is 0 Å². The average Bonchev–Trinajstić information content (AvgIpc) is 2.88. The van der Waals surface area contributed by atoms with Gasteiger partial charge in [0, 0.05) is 18.9 Å². The van der Waals surface area contributed by atoms with Crippen molar-refractivity contribution in [3.05, 3.63) is 54.1 Å². The zero-order valence-electron chi connectivity index (χ0n) is 10.9. The first-order valence-electron chi connectivity index (χ1n) is 6.57. The molecule has 1 aliphatic rings. The first kappa shape index (κ1) is 12.9. The molecule has 0 spiro atoms. The zero-order chi connectivity index (χ0) is 14.2. The minimum atomic E-state index is -0.976. The van der Waals surface area contributed by atoms with Gasteiger partial charge in [0.25, 0.3) is 0 Å². The highest BCUT2D eigenvalue weighted by atomic mass is 16.4. The van der Waals surface area contributed by atoms with Crippen molar-refractivity contribution >= 4 is 5.97 Å². The smallest absolute Gasteiger partial charge is 0.306 e. The summed E-state index contributed by atoms with van der Waals surface area (Å²) in [5, 5.41) is 19.3. The van der Waals surface area contributed by atoms with Gasteiger partial charge in [0.1, 0.15) is 0 Å². The molecule has 0 atom stereocenters. The van der Waals surface area contributed by atoms with Gasteiger partial charge in [-0.1, -0.05) is 24.3 Å². The number of aliphatic hydroxyl groups is 1. The number of carboxylic acids is 1. The lowest BCUT2D eigenvalue weighted by Crippen LogP contribution is -2.44. The van der Waals surface area contributed by atoms with E-state index in [1.165, 1.54) is 0 Å². The Hall–Kier alpha value is -2.14. The topological polar surface area (TPSA) is 75.3 Å². The Morgan fingerprint density at radius 2 is 2.05 bits per heavy atom. The third kappa shape index (κ3) is 2.32. The van der Waals surface area contributed by atoms with Gasteiger partial charge in [0.2, 0.25) is 0 Å². The summed E-state index contributed by atoms with van der Waals surface area (Å²) in [6.45, 7) is 0.733. The van der Waals surface area contributed by atoms with E-state index in [0.29, 0.717) is 12.8 Å². The molecule has 20 heavy (non-hydrogen) atoms. The molecule has 2 aromatic rings. The molecule has 3 rings (SSSR count). The number of benzene rings is 1. The number of hydrogen-bond donors (Lipinski definition) is 2. The van der Waals surface area contributed by atoms with Crippen LogP contribution in [0.1, 0.15) is 24.0 Å². The predicted molar refractivity (Wildman–Crippen MR) is 72.0 cm³/mol. The van der Waals surface area contributed by atoms with Crippen molar-refractivity contribution in [1.82, 2.24) is 9.55 Å². The molecule has 1 saturated carbocycles. The van der Waals surface area contributed by atoms with Gasteiger partial charge in [0.05, 0.1) is 17.8 Å². The molecular weight excluding hydrogens is 256 g/mol. The largest absolute Gasteiger partial charge is 0.481 e. The molecule has 0 amide bonds. The van der Waals surface area contributed by atoms with Crippen molar-refractivity contribution in [3.8, 4) is 0 Å². The van der Waals surface area contributed by atoms with Gasteiger partial charge >= 0.3 is 5.97 Å². The molecule has 0 radical (unpaired) electrons. The molecule has 1 aromatic carbocycles. The molecule has 0 bridgehead atoms. The fourth-order valence-electron chi connectivity index (χ4n) is 2.68. The van der Waals surface area contributed by atoms with E-state index in [9.17, 15) is 9.90 Å². The van der Waals surface area contributed by atoms with Crippen molar-refractivity contribution in [2.24, 2.45) is 5.92 Å². The van der Waals surface area contributed by atoms with Crippen LogP contribution >= 0.6 is 0 Å². The van der Waals surface area contributed by atoms with Crippen molar-refractivity contribution < 1.29 is 15.0 Å². The minimum absolute atomic E-state index is 0.295. The summed E-state index contributed by atoms with van der Waals surface area (Å²) in [5.74, 6) is -1.25. The van der Waals surface area contributed by atoms with E-state index in [0.717, 1.165) is 17.7 Å². The molecular formula is C15H16N2O3. The molecule has 1 aliphatic carbocycles. The highest BCUT2D eigenvalue weighted by Crippen LogP contribution is 2.45. The fraction of sp³-hybridized carbons (Fsp3) is 0.333. The molecule has 0 unspecified atom stereocenters. The van der Waals surface area contributed by atoms with Crippen molar-refractivity contribution in [1.29, 1.82) is 0 Å². The Morgan fingerprint density at radius 3 is 2.60 bits per heavy atom. The molecule has 1 aromatic heterocycles. The second-order valence-electron chi connectivity index (χ2n) is 5.41. The predicted octanol–water partition coefficient (Wildman–Crippen LogP) is 1.61. The number of aliphatic carboxylic acids is 1. The molecule has 5 heteroatoms. The Morgan fingerprint density at radius 1 is 1.35 bits per heavy atom. The lowest BCUT2D eigenvalue weighted by molar-refractivity contribution is -0.159. The SMILES string of the molecule is O=C(O)C1CC(O)(c2ccc(Cn3ccnc3)cc2)C1. The molecule has 0 aliphatic heterocycles. The van der Waals surface area contributed by atoms with Crippen LogP contribution in [0.4, 0.5) is 0 Å². The van der Waals surface area contributed by atoms with Gasteiger partial charge in [-0.3, -0.25) is 4.79 Å². The van der Waals surface area contributed by atoms with Gasteiger partial charge in [-0.2, -0.15) is 0 Å². The van der Waals surface area contributed by atoms with Crippen LogP contribution in [0, 0.1) is 5.92 Å². The van der Waals surface area contributed by atoms with Crippen LogP contribution in [0.15, 0.2) is 43.0 Å². The molecule has 0 saturated heterocycles. The van der Waals surface area contributed by atoms with Crippen LogP contribution in [0.5, 0.6) is 0 Å². The number of nitrogens with zero attached hydrogens (tertiary/aromatic N) is 2. The molecule has 5 nitrogen and oxygen atoms in total. The third-order valence-corrected chi connectivity index (χ3v) is 3.93. The molecule has 1 heterocycles. The van der Waals surface area contributed by atoms with Crippen molar-refractivity contribution in [2.45, 2.75) is 25.0 Å². The second kappa shape index (κ2) is 4.76. The Balaban J connectivity index is 1.69. The molecule has 2 N–H and O–H groups in total. The second-order valence-corrected chi connectivity index (χ2v) is 5.41. The quantitative estimate of drug-likeness (QED) is 0.886. The van der Waals surface area contributed by atoms with E-state index in [-0.39, 0.29) is 0 Å².